The number of unbranched alkanes of at least 4 members (excludes halogenated alkanes) is 11. The molecule has 0 aliphatic carbocycles. The van der Waals surface area contributed by atoms with Crippen LogP contribution in [0, 0.1) is 0 Å². The molecule has 0 saturated carbocycles. The van der Waals surface area contributed by atoms with Gasteiger partial charge < -0.3 is 9.64 Å². The Morgan fingerprint density at radius 1 is 0.750 bits per heavy atom. The van der Waals surface area contributed by atoms with Gasteiger partial charge in [-0.05, 0) is 6.42 Å². The van der Waals surface area contributed by atoms with Gasteiger partial charge in [-0.15, -0.1) is 0 Å². The standard InChI is InChI=1S/C17H35NO2/c1-4-5-6-7-8-9-10-11-12-13-14-15-16-20-17(19)18(2)3/h4-16H2,1-3H3. The lowest BCUT2D eigenvalue weighted by Crippen LogP contribution is -2.23. The number of nitrogens with zero attached hydrogens (tertiary/aromatic N) is 1. The van der Waals surface area contributed by atoms with Crippen molar-refractivity contribution in [3.05, 3.63) is 0 Å². The van der Waals surface area contributed by atoms with Crippen molar-refractivity contribution in [3.63, 3.8) is 0 Å². The monoisotopic (exact) mass is 285 g/mol. The molecule has 3 heteroatoms. The summed E-state index contributed by atoms with van der Waals surface area (Å²) in [6, 6.07) is 0. The molecule has 0 N–H and O–H groups in total. The van der Waals surface area contributed by atoms with Gasteiger partial charge in [-0.1, -0.05) is 77.6 Å². The zero-order chi connectivity index (χ0) is 15.1. The highest BCUT2D eigenvalue weighted by Gasteiger charge is 2.02. The predicted molar refractivity (Wildman–Crippen MR) is 86.1 cm³/mol. The van der Waals surface area contributed by atoms with Crippen molar-refractivity contribution in [1.82, 2.24) is 4.90 Å². The molecule has 0 aromatic heterocycles. The van der Waals surface area contributed by atoms with Crippen molar-refractivity contribution in [2.45, 2.75) is 84.0 Å². The molecule has 0 heterocycles. The molecule has 0 bridgehead atoms. The lowest BCUT2D eigenvalue weighted by atomic mass is 10.1. The number of carbonyl (C=O) groups is 1. The summed E-state index contributed by atoms with van der Waals surface area (Å²) in [6.07, 6.45) is 15.7. The molecule has 3 nitrogen and oxygen atoms in total. The molecule has 0 spiro atoms. The van der Waals surface area contributed by atoms with Crippen LogP contribution in [-0.4, -0.2) is 31.7 Å². The minimum atomic E-state index is -0.229. The Hall–Kier alpha value is -0.730. The largest absolute Gasteiger partial charge is 0.449 e. The summed E-state index contributed by atoms with van der Waals surface area (Å²) in [4.78, 5) is 12.6. The Kier molecular flexibility index (Phi) is 14.1. The first kappa shape index (κ1) is 19.3. The molecular formula is C17H35NO2. The summed E-state index contributed by atoms with van der Waals surface area (Å²) in [5.41, 5.74) is 0. The highest BCUT2D eigenvalue weighted by molar-refractivity contribution is 5.66. The Morgan fingerprint density at radius 2 is 1.15 bits per heavy atom. The number of hydrogen-bond donors (Lipinski definition) is 0. The maximum atomic E-state index is 11.1. The quantitative estimate of drug-likeness (QED) is 0.425. The summed E-state index contributed by atoms with van der Waals surface area (Å²) >= 11 is 0. The van der Waals surface area contributed by atoms with Crippen LogP contribution in [0.4, 0.5) is 4.79 Å². The van der Waals surface area contributed by atoms with Gasteiger partial charge in [0.2, 0.25) is 0 Å². The minimum absolute atomic E-state index is 0.229. The number of ether oxygens (including phenoxy) is 1. The third-order valence-electron chi connectivity index (χ3n) is 3.59. The summed E-state index contributed by atoms with van der Waals surface area (Å²) in [7, 11) is 3.43. The molecule has 0 aliphatic rings. The van der Waals surface area contributed by atoms with Crippen LogP contribution in [0.3, 0.4) is 0 Å². The summed E-state index contributed by atoms with van der Waals surface area (Å²) < 4.78 is 5.08. The van der Waals surface area contributed by atoms with E-state index in [1.165, 1.54) is 75.5 Å². The molecule has 0 aromatic rings. The normalized spacial score (nSPS) is 10.6. The van der Waals surface area contributed by atoms with Crippen LogP contribution < -0.4 is 0 Å². The van der Waals surface area contributed by atoms with Crippen molar-refractivity contribution in [2.75, 3.05) is 20.7 Å². The van der Waals surface area contributed by atoms with Crippen LogP contribution in [0.2, 0.25) is 0 Å². The van der Waals surface area contributed by atoms with Crippen molar-refractivity contribution in [3.8, 4) is 0 Å². The highest BCUT2D eigenvalue weighted by atomic mass is 16.6. The third kappa shape index (κ3) is 13.7. The first-order valence-corrected chi connectivity index (χ1v) is 8.52. The number of carbonyl (C=O) groups excluding carboxylic acids is 1. The zero-order valence-electron chi connectivity index (χ0n) is 14.0. The van der Waals surface area contributed by atoms with E-state index in [1.807, 2.05) is 0 Å². The summed E-state index contributed by atoms with van der Waals surface area (Å²) in [5, 5.41) is 0. The maximum absolute atomic E-state index is 11.1. The van der Waals surface area contributed by atoms with Crippen LogP contribution in [-0.2, 0) is 4.74 Å². The van der Waals surface area contributed by atoms with Gasteiger partial charge in [0, 0.05) is 14.1 Å². The fourth-order valence-corrected chi connectivity index (χ4v) is 2.23. The molecule has 0 rings (SSSR count). The minimum Gasteiger partial charge on any atom is -0.449 e. The fraction of sp³-hybridized carbons (Fsp3) is 0.941. The molecule has 0 aromatic carbocycles. The fourth-order valence-electron chi connectivity index (χ4n) is 2.23. The van der Waals surface area contributed by atoms with Gasteiger partial charge in [-0.2, -0.15) is 0 Å². The van der Waals surface area contributed by atoms with Crippen molar-refractivity contribution in [2.24, 2.45) is 0 Å². The zero-order valence-corrected chi connectivity index (χ0v) is 14.0. The summed E-state index contributed by atoms with van der Waals surface area (Å²) in [6.45, 7) is 2.83. The van der Waals surface area contributed by atoms with Gasteiger partial charge >= 0.3 is 6.09 Å². The van der Waals surface area contributed by atoms with Crippen LogP contribution in [0.5, 0.6) is 0 Å². The van der Waals surface area contributed by atoms with E-state index >= 15 is 0 Å². The first-order valence-electron chi connectivity index (χ1n) is 8.52. The smallest absolute Gasteiger partial charge is 0.409 e. The second-order valence-corrected chi connectivity index (χ2v) is 5.90. The van der Waals surface area contributed by atoms with Gasteiger partial charge in [0.15, 0.2) is 0 Å². The molecule has 1 amide bonds. The summed E-state index contributed by atoms with van der Waals surface area (Å²) in [5.74, 6) is 0. The van der Waals surface area contributed by atoms with Gasteiger partial charge in [-0.25, -0.2) is 4.79 Å². The Labute approximate surface area is 126 Å². The van der Waals surface area contributed by atoms with Crippen LogP contribution in [0.1, 0.15) is 84.0 Å². The average molecular weight is 285 g/mol. The van der Waals surface area contributed by atoms with Crippen molar-refractivity contribution in [1.29, 1.82) is 0 Å². The third-order valence-corrected chi connectivity index (χ3v) is 3.59. The van der Waals surface area contributed by atoms with E-state index in [2.05, 4.69) is 6.92 Å². The lowest BCUT2D eigenvalue weighted by molar-refractivity contribution is 0.116. The van der Waals surface area contributed by atoms with Gasteiger partial charge in [0.1, 0.15) is 0 Å². The van der Waals surface area contributed by atoms with Crippen LogP contribution in [0.25, 0.3) is 0 Å². The van der Waals surface area contributed by atoms with Gasteiger partial charge in [-0.3, -0.25) is 0 Å². The number of amides is 1. The molecule has 0 radical (unpaired) electrons. The van der Waals surface area contributed by atoms with E-state index in [-0.39, 0.29) is 6.09 Å². The Bertz CT molecular complexity index is 217. The van der Waals surface area contributed by atoms with Crippen LogP contribution >= 0.6 is 0 Å². The number of rotatable bonds is 13. The van der Waals surface area contributed by atoms with E-state index in [0.717, 1.165) is 6.42 Å². The first-order chi connectivity index (χ1) is 9.68. The molecule has 0 aliphatic heterocycles. The maximum Gasteiger partial charge on any atom is 0.409 e. The van der Waals surface area contributed by atoms with Crippen LogP contribution in [0.15, 0.2) is 0 Å². The van der Waals surface area contributed by atoms with E-state index in [1.54, 1.807) is 14.1 Å². The highest BCUT2D eigenvalue weighted by Crippen LogP contribution is 2.11. The SMILES string of the molecule is CCCCCCCCCCCCCCOC(=O)N(C)C. The van der Waals surface area contributed by atoms with E-state index < -0.39 is 0 Å². The topological polar surface area (TPSA) is 29.5 Å². The molecule has 0 unspecified atom stereocenters. The van der Waals surface area contributed by atoms with E-state index in [9.17, 15) is 4.79 Å². The molecule has 0 atom stereocenters. The molecule has 0 fully saturated rings. The second-order valence-electron chi connectivity index (χ2n) is 5.90. The average Bonchev–Trinajstić information content (AvgIpc) is 2.43. The molecule has 120 valence electrons. The lowest BCUT2D eigenvalue weighted by Gasteiger charge is -2.10. The Morgan fingerprint density at radius 3 is 1.55 bits per heavy atom. The predicted octanol–water partition coefficient (Wildman–Crippen LogP) is 5.39. The molecular weight excluding hydrogens is 250 g/mol. The Balaban J connectivity index is 3.04. The van der Waals surface area contributed by atoms with E-state index in [4.69, 9.17) is 4.74 Å². The van der Waals surface area contributed by atoms with Crippen molar-refractivity contribution >= 4 is 6.09 Å². The van der Waals surface area contributed by atoms with Crippen molar-refractivity contribution < 1.29 is 9.53 Å². The van der Waals surface area contributed by atoms with E-state index in [0.29, 0.717) is 6.61 Å². The molecule has 20 heavy (non-hydrogen) atoms. The molecule has 0 saturated heterocycles. The van der Waals surface area contributed by atoms with Gasteiger partial charge in [0.05, 0.1) is 6.61 Å². The van der Waals surface area contributed by atoms with Gasteiger partial charge in [0.25, 0.3) is 0 Å². The number of hydrogen-bond acceptors (Lipinski definition) is 2. The second kappa shape index (κ2) is 14.7.